The summed E-state index contributed by atoms with van der Waals surface area (Å²) < 4.78 is 2.39. The van der Waals surface area contributed by atoms with Gasteiger partial charge in [-0.1, -0.05) is 48.5 Å². The van der Waals surface area contributed by atoms with Crippen molar-refractivity contribution in [2.75, 3.05) is 4.90 Å². The van der Waals surface area contributed by atoms with Crippen molar-refractivity contribution in [1.29, 1.82) is 0 Å². The average molecular weight is 409 g/mol. The van der Waals surface area contributed by atoms with Gasteiger partial charge in [-0.3, -0.25) is 4.98 Å². The molecule has 0 unspecified atom stereocenters. The number of fused-ring (bicyclic) bond motifs is 4. The van der Waals surface area contributed by atoms with Crippen molar-refractivity contribution in [1.82, 2.24) is 9.55 Å². The van der Waals surface area contributed by atoms with Gasteiger partial charge in [0.1, 0.15) is 0 Å². The smallest absolute Gasteiger partial charge is 0.0553 e. The number of rotatable bonds is 2. The third kappa shape index (κ3) is 2.33. The van der Waals surface area contributed by atoms with Crippen LogP contribution in [0.3, 0.4) is 0 Å². The van der Waals surface area contributed by atoms with Gasteiger partial charge in [0.2, 0.25) is 0 Å². The Kier molecular flexibility index (Phi) is 3.55. The molecule has 0 aliphatic carbocycles. The highest BCUT2D eigenvalue weighted by Crippen LogP contribution is 2.45. The molecular formula is C29H19N3. The number of para-hydroxylation sites is 2. The Morgan fingerprint density at radius 3 is 2.31 bits per heavy atom. The van der Waals surface area contributed by atoms with Gasteiger partial charge in [0.25, 0.3) is 0 Å². The molecule has 0 N–H and O–H groups in total. The molecule has 3 nitrogen and oxygen atoms in total. The Bertz CT molecular complexity index is 1660. The van der Waals surface area contributed by atoms with Crippen LogP contribution in [0.25, 0.3) is 44.3 Å². The van der Waals surface area contributed by atoms with E-state index in [0.717, 1.165) is 5.69 Å². The first-order valence-electron chi connectivity index (χ1n) is 10.8. The van der Waals surface area contributed by atoms with Crippen molar-refractivity contribution < 1.29 is 0 Å². The number of nitrogens with zero attached hydrogens (tertiary/aromatic N) is 3. The van der Waals surface area contributed by atoms with Crippen LogP contribution in [0.1, 0.15) is 5.56 Å². The molecule has 6 aromatic rings. The van der Waals surface area contributed by atoms with Gasteiger partial charge in [0.15, 0.2) is 0 Å². The molecule has 32 heavy (non-hydrogen) atoms. The fraction of sp³-hybridized carbons (Fsp3) is 0. The van der Waals surface area contributed by atoms with Crippen LogP contribution in [0.15, 0.2) is 110 Å². The molecule has 1 aliphatic rings. The molecule has 3 heterocycles. The number of hydrogen-bond donors (Lipinski definition) is 0. The highest BCUT2D eigenvalue weighted by Gasteiger charge is 2.22. The van der Waals surface area contributed by atoms with E-state index in [1.54, 1.807) is 0 Å². The molecular weight excluding hydrogens is 390 g/mol. The second-order valence-electron chi connectivity index (χ2n) is 8.14. The van der Waals surface area contributed by atoms with Gasteiger partial charge in [-0.2, -0.15) is 0 Å². The van der Waals surface area contributed by atoms with Crippen molar-refractivity contribution in [2.24, 2.45) is 0 Å². The summed E-state index contributed by atoms with van der Waals surface area (Å²) in [5, 5.41) is 5.11. The van der Waals surface area contributed by atoms with Crippen molar-refractivity contribution in [3.8, 4) is 5.69 Å². The van der Waals surface area contributed by atoms with Crippen molar-refractivity contribution >= 4 is 50.0 Å². The van der Waals surface area contributed by atoms with Gasteiger partial charge in [-0.25, -0.2) is 0 Å². The first-order chi connectivity index (χ1) is 15.9. The first kappa shape index (κ1) is 17.3. The maximum absolute atomic E-state index is 4.19. The molecule has 0 radical (unpaired) electrons. The molecule has 1 aliphatic heterocycles. The maximum Gasteiger partial charge on any atom is 0.0553 e. The van der Waals surface area contributed by atoms with E-state index in [0.29, 0.717) is 0 Å². The minimum Gasteiger partial charge on any atom is -0.316 e. The van der Waals surface area contributed by atoms with Gasteiger partial charge in [0, 0.05) is 46.1 Å². The molecule has 150 valence electrons. The third-order valence-corrected chi connectivity index (χ3v) is 6.42. The number of pyridine rings is 1. The highest BCUT2D eigenvalue weighted by molar-refractivity contribution is 6.22. The fourth-order valence-corrected chi connectivity index (χ4v) is 5.10. The average Bonchev–Trinajstić information content (AvgIpc) is 3.19. The summed E-state index contributed by atoms with van der Waals surface area (Å²) in [6.07, 6.45) is 8.13. The predicted molar refractivity (Wildman–Crippen MR) is 134 cm³/mol. The predicted octanol–water partition coefficient (Wildman–Crippen LogP) is 7.45. The molecule has 0 amide bonds. The van der Waals surface area contributed by atoms with Crippen LogP contribution < -0.4 is 4.90 Å². The quantitative estimate of drug-likeness (QED) is 0.296. The lowest BCUT2D eigenvalue weighted by Crippen LogP contribution is -2.12. The molecule has 7 rings (SSSR count). The minimum atomic E-state index is 1.11. The Balaban J connectivity index is 1.63. The van der Waals surface area contributed by atoms with E-state index in [4.69, 9.17) is 0 Å². The molecule has 2 aromatic heterocycles. The normalized spacial score (nSPS) is 12.8. The lowest BCUT2D eigenvalue weighted by atomic mass is 9.94. The van der Waals surface area contributed by atoms with Gasteiger partial charge < -0.3 is 9.47 Å². The van der Waals surface area contributed by atoms with Gasteiger partial charge in [-0.05, 0) is 59.5 Å². The number of hydrogen-bond acceptors (Lipinski definition) is 2. The first-order valence-corrected chi connectivity index (χ1v) is 10.8. The Morgan fingerprint density at radius 2 is 1.44 bits per heavy atom. The maximum atomic E-state index is 4.19. The van der Waals surface area contributed by atoms with Crippen molar-refractivity contribution in [3.63, 3.8) is 0 Å². The minimum absolute atomic E-state index is 1.11. The second-order valence-corrected chi connectivity index (χ2v) is 8.14. The molecule has 0 spiro atoms. The molecule has 0 fully saturated rings. The largest absolute Gasteiger partial charge is 0.316 e. The molecule has 3 heteroatoms. The van der Waals surface area contributed by atoms with Crippen LogP contribution in [0.5, 0.6) is 0 Å². The zero-order chi connectivity index (χ0) is 21.1. The molecule has 0 saturated heterocycles. The summed E-state index contributed by atoms with van der Waals surface area (Å²) in [5.74, 6) is 0. The summed E-state index contributed by atoms with van der Waals surface area (Å²) in [7, 11) is 0. The Hall–Kier alpha value is -4.37. The number of aromatic nitrogens is 2. The zero-order valence-corrected chi connectivity index (χ0v) is 17.3. The Labute approximate surface area is 185 Å². The summed E-state index contributed by atoms with van der Waals surface area (Å²) in [4.78, 5) is 6.44. The summed E-state index contributed by atoms with van der Waals surface area (Å²) in [6, 6.07) is 32.4. The number of benzene rings is 4. The van der Waals surface area contributed by atoms with E-state index in [9.17, 15) is 0 Å². The van der Waals surface area contributed by atoms with Gasteiger partial charge >= 0.3 is 0 Å². The third-order valence-electron chi connectivity index (χ3n) is 6.42. The van der Waals surface area contributed by atoms with E-state index in [1.807, 2.05) is 24.5 Å². The topological polar surface area (TPSA) is 21.1 Å². The van der Waals surface area contributed by atoms with Crippen LogP contribution >= 0.6 is 0 Å². The lowest BCUT2D eigenvalue weighted by molar-refractivity contribution is 1.18. The van der Waals surface area contributed by atoms with Gasteiger partial charge in [-0.15, -0.1) is 0 Å². The van der Waals surface area contributed by atoms with Crippen LogP contribution in [0.2, 0.25) is 0 Å². The standard InChI is InChI=1S/C29H19N3/c1-2-8-22(9-3-1)32-25-11-5-4-10-23(25)29-24-15-18-31(21-13-16-30-17-14-21)26-12-6-7-20(28(24)26)19-27(29)32/h1-19H. The Morgan fingerprint density at radius 1 is 0.625 bits per heavy atom. The summed E-state index contributed by atoms with van der Waals surface area (Å²) in [5.41, 5.74) is 7.24. The molecule has 0 bridgehead atoms. The number of anilines is 2. The van der Waals surface area contributed by atoms with Crippen molar-refractivity contribution in [2.45, 2.75) is 0 Å². The monoisotopic (exact) mass is 409 g/mol. The van der Waals surface area contributed by atoms with E-state index in [-0.39, 0.29) is 0 Å². The zero-order valence-electron chi connectivity index (χ0n) is 17.3. The molecule has 0 saturated carbocycles. The molecule has 4 aromatic carbocycles. The van der Waals surface area contributed by atoms with Gasteiger partial charge in [0.05, 0.1) is 16.7 Å². The van der Waals surface area contributed by atoms with E-state index >= 15 is 0 Å². The SMILES string of the molecule is C1=CN(c2ccncc2)c2cccc3cc4c(c1c23)c1ccccc1n4-c1ccccc1. The van der Waals surface area contributed by atoms with E-state index in [1.165, 1.54) is 49.5 Å². The fourth-order valence-electron chi connectivity index (χ4n) is 5.10. The highest BCUT2D eigenvalue weighted by atomic mass is 15.1. The summed E-state index contributed by atoms with van der Waals surface area (Å²) in [6.45, 7) is 0. The second kappa shape index (κ2) is 6.56. The van der Waals surface area contributed by atoms with Crippen LogP contribution in [0, 0.1) is 0 Å². The van der Waals surface area contributed by atoms with Crippen molar-refractivity contribution in [3.05, 3.63) is 115 Å². The van der Waals surface area contributed by atoms with Crippen LogP contribution in [0.4, 0.5) is 11.4 Å². The van der Waals surface area contributed by atoms with E-state index in [2.05, 4.69) is 106 Å². The van der Waals surface area contributed by atoms with Crippen LogP contribution in [-0.2, 0) is 0 Å². The van der Waals surface area contributed by atoms with E-state index < -0.39 is 0 Å². The summed E-state index contributed by atoms with van der Waals surface area (Å²) >= 11 is 0. The van der Waals surface area contributed by atoms with Crippen LogP contribution in [-0.4, -0.2) is 9.55 Å². The molecule has 0 atom stereocenters. The lowest BCUT2D eigenvalue weighted by Gasteiger charge is -2.27.